The van der Waals surface area contributed by atoms with E-state index in [1.807, 2.05) is 23.0 Å². The van der Waals surface area contributed by atoms with Gasteiger partial charge in [0, 0.05) is 0 Å². The van der Waals surface area contributed by atoms with Gasteiger partial charge in [-0.1, -0.05) is 12.2 Å². The SMILES string of the molecule is N[C@H](C(=O)O)[SH]1C=CC=C1. The van der Waals surface area contributed by atoms with Gasteiger partial charge in [0.25, 0.3) is 0 Å². The summed E-state index contributed by atoms with van der Waals surface area (Å²) >= 11 is 0. The first kappa shape index (κ1) is 7.37. The standard InChI is InChI=1S/C6H9NO2S/c7-5(6(8)9)10-3-1-2-4-10/h1-5,10H,7H2,(H,8,9)/t5-/m0/s1. The van der Waals surface area contributed by atoms with E-state index < -0.39 is 22.2 Å². The largest absolute Gasteiger partial charge is 0.479 e. The summed E-state index contributed by atoms with van der Waals surface area (Å²) in [5.74, 6) is -0.928. The van der Waals surface area contributed by atoms with Crippen LogP contribution in [0, 0.1) is 0 Å². The lowest BCUT2D eigenvalue weighted by Crippen LogP contribution is -2.28. The number of thiol groups is 1. The molecule has 0 aliphatic carbocycles. The lowest BCUT2D eigenvalue weighted by molar-refractivity contribution is -0.136. The molecule has 3 N–H and O–H groups in total. The molecule has 0 spiro atoms. The minimum atomic E-state index is -0.928. The molecule has 0 saturated heterocycles. The lowest BCUT2D eigenvalue weighted by Gasteiger charge is -2.13. The molecule has 1 heterocycles. The number of carboxylic acid groups (broad SMARTS) is 1. The van der Waals surface area contributed by atoms with Gasteiger partial charge >= 0.3 is 5.97 Å². The van der Waals surface area contributed by atoms with Crippen LogP contribution in [0.5, 0.6) is 0 Å². The Morgan fingerprint density at radius 3 is 2.40 bits per heavy atom. The third-order valence-electron chi connectivity index (χ3n) is 1.20. The van der Waals surface area contributed by atoms with E-state index in [1.165, 1.54) is 0 Å². The summed E-state index contributed by atoms with van der Waals surface area (Å²) in [7, 11) is -0.729. The van der Waals surface area contributed by atoms with E-state index >= 15 is 0 Å². The summed E-state index contributed by atoms with van der Waals surface area (Å²) in [6.07, 6.45) is 3.66. The number of aliphatic carboxylic acids is 1. The highest BCUT2D eigenvalue weighted by molar-refractivity contribution is 8.23. The van der Waals surface area contributed by atoms with Crippen molar-refractivity contribution in [3.63, 3.8) is 0 Å². The van der Waals surface area contributed by atoms with E-state index in [-0.39, 0.29) is 0 Å². The van der Waals surface area contributed by atoms with Crippen molar-refractivity contribution in [2.75, 3.05) is 0 Å². The van der Waals surface area contributed by atoms with Crippen LogP contribution in [0.15, 0.2) is 23.0 Å². The van der Waals surface area contributed by atoms with Crippen LogP contribution in [-0.4, -0.2) is 16.4 Å². The van der Waals surface area contributed by atoms with Crippen LogP contribution in [0.4, 0.5) is 0 Å². The number of hydrogen-bond acceptors (Lipinski definition) is 2. The molecule has 3 nitrogen and oxygen atoms in total. The van der Waals surface area contributed by atoms with Crippen molar-refractivity contribution in [1.82, 2.24) is 0 Å². The summed E-state index contributed by atoms with van der Waals surface area (Å²) in [5, 5.41) is 11.4. The summed E-state index contributed by atoms with van der Waals surface area (Å²) in [5.41, 5.74) is 5.35. The molecule has 0 amide bonds. The van der Waals surface area contributed by atoms with E-state index in [4.69, 9.17) is 10.8 Å². The number of carboxylic acids is 1. The number of rotatable bonds is 2. The number of hydrogen-bond donors (Lipinski definition) is 3. The molecular formula is C6H9NO2S. The van der Waals surface area contributed by atoms with E-state index in [0.717, 1.165) is 0 Å². The predicted molar refractivity (Wildman–Crippen MR) is 42.9 cm³/mol. The first-order valence-corrected chi connectivity index (χ1v) is 4.37. The van der Waals surface area contributed by atoms with Gasteiger partial charge in [-0.05, 0) is 10.8 Å². The van der Waals surface area contributed by atoms with Crippen molar-refractivity contribution in [2.24, 2.45) is 5.73 Å². The molecule has 0 saturated carbocycles. The molecule has 0 fully saturated rings. The zero-order chi connectivity index (χ0) is 7.56. The van der Waals surface area contributed by atoms with Gasteiger partial charge in [0.2, 0.25) is 0 Å². The molecule has 0 aromatic heterocycles. The second-order valence-electron chi connectivity index (χ2n) is 1.91. The molecule has 0 unspecified atom stereocenters. The van der Waals surface area contributed by atoms with Crippen molar-refractivity contribution in [2.45, 2.75) is 5.37 Å². The molecule has 1 atom stereocenters. The Morgan fingerprint density at radius 1 is 1.50 bits per heavy atom. The van der Waals surface area contributed by atoms with Crippen LogP contribution in [0.1, 0.15) is 0 Å². The summed E-state index contributed by atoms with van der Waals surface area (Å²) in [6, 6.07) is 0. The van der Waals surface area contributed by atoms with Crippen molar-refractivity contribution in [1.29, 1.82) is 0 Å². The predicted octanol–water partition coefficient (Wildman–Crippen LogP) is 0.398. The Hall–Kier alpha value is -0.740. The van der Waals surface area contributed by atoms with Crippen LogP contribution < -0.4 is 5.73 Å². The van der Waals surface area contributed by atoms with E-state index in [1.54, 1.807) is 0 Å². The van der Waals surface area contributed by atoms with Crippen LogP contribution >= 0.6 is 10.9 Å². The topological polar surface area (TPSA) is 63.3 Å². The average molecular weight is 159 g/mol. The summed E-state index contributed by atoms with van der Waals surface area (Å²) in [6.45, 7) is 0. The highest BCUT2D eigenvalue weighted by Crippen LogP contribution is 2.35. The van der Waals surface area contributed by atoms with E-state index in [9.17, 15) is 4.79 Å². The Bertz CT molecular complexity index is 188. The fourth-order valence-corrected chi connectivity index (χ4v) is 1.98. The number of allylic oxidation sites excluding steroid dienone is 2. The van der Waals surface area contributed by atoms with Crippen molar-refractivity contribution >= 4 is 16.9 Å². The van der Waals surface area contributed by atoms with Crippen LogP contribution in [0.2, 0.25) is 0 Å². The Morgan fingerprint density at radius 2 is 2.00 bits per heavy atom. The molecule has 0 radical (unpaired) electrons. The Balaban J connectivity index is 2.57. The van der Waals surface area contributed by atoms with Crippen LogP contribution in [0.3, 0.4) is 0 Å². The fraction of sp³-hybridized carbons (Fsp3) is 0.167. The van der Waals surface area contributed by atoms with Crippen molar-refractivity contribution < 1.29 is 9.90 Å². The number of carbonyl (C=O) groups is 1. The molecule has 0 bridgehead atoms. The van der Waals surface area contributed by atoms with Crippen molar-refractivity contribution in [3.05, 3.63) is 23.0 Å². The van der Waals surface area contributed by atoms with Gasteiger partial charge < -0.3 is 10.8 Å². The molecule has 10 heavy (non-hydrogen) atoms. The third kappa shape index (κ3) is 1.40. The molecule has 56 valence electrons. The van der Waals surface area contributed by atoms with Gasteiger partial charge in [0.1, 0.15) is 5.37 Å². The minimum Gasteiger partial charge on any atom is -0.479 e. The number of nitrogens with two attached hydrogens (primary N) is 1. The lowest BCUT2D eigenvalue weighted by atomic mass is 10.6. The molecular weight excluding hydrogens is 150 g/mol. The van der Waals surface area contributed by atoms with Gasteiger partial charge in [0.15, 0.2) is 0 Å². The quantitative estimate of drug-likeness (QED) is 0.511. The normalized spacial score (nSPS) is 21.5. The first-order valence-electron chi connectivity index (χ1n) is 2.82. The molecule has 0 aromatic carbocycles. The Labute approximate surface area is 61.6 Å². The molecule has 1 aliphatic heterocycles. The van der Waals surface area contributed by atoms with Gasteiger partial charge in [-0.2, -0.15) is 10.9 Å². The van der Waals surface area contributed by atoms with Crippen molar-refractivity contribution in [3.8, 4) is 0 Å². The van der Waals surface area contributed by atoms with Crippen LogP contribution in [-0.2, 0) is 4.79 Å². The average Bonchev–Trinajstić information content (AvgIpc) is 2.36. The van der Waals surface area contributed by atoms with Gasteiger partial charge in [-0.15, -0.1) is 0 Å². The zero-order valence-corrected chi connectivity index (χ0v) is 6.16. The second-order valence-corrected chi connectivity index (χ2v) is 3.96. The fourth-order valence-electron chi connectivity index (χ4n) is 0.661. The maximum absolute atomic E-state index is 10.3. The monoisotopic (exact) mass is 159 g/mol. The first-order chi connectivity index (χ1) is 4.72. The Kier molecular flexibility index (Phi) is 2.13. The summed E-state index contributed by atoms with van der Waals surface area (Å²) in [4.78, 5) is 10.3. The van der Waals surface area contributed by atoms with E-state index in [2.05, 4.69) is 0 Å². The highest BCUT2D eigenvalue weighted by atomic mass is 32.2. The maximum atomic E-state index is 10.3. The molecule has 4 heteroatoms. The minimum absolute atomic E-state index is 0.729. The van der Waals surface area contributed by atoms with Gasteiger partial charge in [0.05, 0.1) is 0 Å². The third-order valence-corrected chi connectivity index (χ3v) is 3.10. The molecule has 1 aliphatic rings. The smallest absolute Gasteiger partial charge is 0.329 e. The van der Waals surface area contributed by atoms with Gasteiger partial charge in [-0.3, -0.25) is 0 Å². The second kappa shape index (κ2) is 2.90. The summed E-state index contributed by atoms with van der Waals surface area (Å²) < 4.78 is 0. The van der Waals surface area contributed by atoms with Crippen LogP contribution in [0.25, 0.3) is 0 Å². The molecule has 1 rings (SSSR count). The van der Waals surface area contributed by atoms with E-state index in [0.29, 0.717) is 0 Å². The van der Waals surface area contributed by atoms with Gasteiger partial charge in [-0.25, -0.2) is 4.79 Å². The zero-order valence-electron chi connectivity index (χ0n) is 5.27. The molecule has 0 aromatic rings. The maximum Gasteiger partial charge on any atom is 0.329 e. The highest BCUT2D eigenvalue weighted by Gasteiger charge is 2.16.